The molecule has 1 aliphatic heterocycles. The van der Waals surface area contributed by atoms with Crippen molar-refractivity contribution in [2.24, 2.45) is 10.8 Å². The molecule has 6 rings (SSSR count). The Morgan fingerprint density at radius 2 is 1.43 bits per heavy atom. The molecule has 0 atom stereocenters. The summed E-state index contributed by atoms with van der Waals surface area (Å²) in [6.07, 6.45) is 3.17. The number of carbonyl (C=O) groups excluding carboxylic acids is 2. The van der Waals surface area contributed by atoms with E-state index >= 15 is 0 Å². The van der Waals surface area contributed by atoms with Crippen LogP contribution in [0.25, 0.3) is 0 Å². The maximum absolute atomic E-state index is 14.4. The van der Waals surface area contributed by atoms with Gasteiger partial charge in [-0.15, -0.1) is 0 Å². The number of benzene rings is 3. The number of carbonyl (C=O) groups is 2. The molecule has 1 heterocycles. The maximum Gasteiger partial charge on any atom is 0.174 e. The number of ketones is 2. The van der Waals surface area contributed by atoms with Gasteiger partial charge in [0.25, 0.3) is 0 Å². The van der Waals surface area contributed by atoms with Crippen LogP contribution in [0.15, 0.2) is 89.3 Å². The van der Waals surface area contributed by atoms with Crippen molar-refractivity contribution in [3.63, 3.8) is 0 Å². The molecular formula is C40H43FINO4. The van der Waals surface area contributed by atoms with Gasteiger partial charge in [0, 0.05) is 53.4 Å². The molecule has 0 saturated heterocycles. The van der Waals surface area contributed by atoms with Gasteiger partial charge in [-0.05, 0) is 88.9 Å². The highest BCUT2D eigenvalue weighted by Crippen LogP contribution is 2.55. The fourth-order valence-corrected chi connectivity index (χ4v) is 8.24. The van der Waals surface area contributed by atoms with Crippen LogP contribution in [-0.4, -0.2) is 29.6 Å². The topological polar surface area (TPSA) is 55.8 Å². The van der Waals surface area contributed by atoms with Crippen molar-refractivity contribution < 1.29 is 23.5 Å². The Balaban J connectivity index is 1.49. The van der Waals surface area contributed by atoms with Gasteiger partial charge < -0.3 is 14.4 Å². The molecule has 0 radical (unpaired) electrons. The molecule has 0 saturated carbocycles. The minimum Gasteiger partial charge on any atom is -0.490 e. The van der Waals surface area contributed by atoms with Crippen LogP contribution in [0.3, 0.4) is 0 Å². The third-order valence-corrected chi connectivity index (χ3v) is 10.3. The number of Topliss-reactive ketones (excluding diaryl/α,β-unsaturated/α-hetero) is 2. The zero-order valence-corrected chi connectivity index (χ0v) is 30.1. The van der Waals surface area contributed by atoms with Crippen LogP contribution in [0.5, 0.6) is 11.5 Å². The number of allylic oxidation sites excluding steroid dienone is 4. The molecule has 5 nitrogen and oxygen atoms in total. The Kier molecular flexibility index (Phi) is 9.40. The molecule has 7 heteroatoms. The number of halogens is 2. The maximum atomic E-state index is 14.4. The molecule has 3 aromatic carbocycles. The quantitative estimate of drug-likeness (QED) is 0.204. The molecule has 0 N–H and O–H groups in total. The summed E-state index contributed by atoms with van der Waals surface area (Å²) in [6, 6.07) is 20.9. The van der Waals surface area contributed by atoms with E-state index in [1.165, 1.54) is 11.6 Å². The van der Waals surface area contributed by atoms with Crippen LogP contribution >= 0.6 is 22.6 Å². The van der Waals surface area contributed by atoms with Gasteiger partial charge in [-0.1, -0.05) is 76.2 Å². The van der Waals surface area contributed by atoms with Crippen molar-refractivity contribution in [3.8, 4) is 11.5 Å². The lowest BCUT2D eigenvalue weighted by Crippen LogP contribution is -2.45. The van der Waals surface area contributed by atoms with Gasteiger partial charge in [-0.25, -0.2) is 4.39 Å². The molecule has 0 unspecified atom stereocenters. The average Bonchev–Trinajstić information content (AvgIpc) is 2.99. The van der Waals surface area contributed by atoms with Crippen molar-refractivity contribution in [2.45, 2.75) is 79.2 Å². The van der Waals surface area contributed by atoms with Crippen molar-refractivity contribution in [2.75, 3.05) is 13.2 Å². The van der Waals surface area contributed by atoms with Crippen molar-refractivity contribution in [3.05, 3.63) is 115 Å². The largest absolute Gasteiger partial charge is 0.490 e. The predicted octanol–water partition coefficient (Wildman–Crippen LogP) is 9.34. The smallest absolute Gasteiger partial charge is 0.174 e. The van der Waals surface area contributed by atoms with E-state index in [0.717, 1.165) is 50.9 Å². The summed E-state index contributed by atoms with van der Waals surface area (Å²) in [5.41, 5.74) is 5.69. The van der Waals surface area contributed by atoms with E-state index in [2.05, 4.69) is 79.5 Å². The third-order valence-electron chi connectivity index (χ3n) is 9.48. The van der Waals surface area contributed by atoms with Crippen LogP contribution < -0.4 is 9.47 Å². The highest BCUT2D eigenvalue weighted by atomic mass is 127. The number of ether oxygens (including phenoxy) is 2. The molecular weight excluding hydrogens is 704 g/mol. The average molecular weight is 748 g/mol. The normalized spacial score (nSPS) is 19.1. The highest BCUT2D eigenvalue weighted by molar-refractivity contribution is 14.1. The van der Waals surface area contributed by atoms with Gasteiger partial charge in [0.2, 0.25) is 0 Å². The first kappa shape index (κ1) is 33.4. The van der Waals surface area contributed by atoms with Crippen LogP contribution in [0.1, 0.15) is 82.9 Å². The van der Waals surface area contributed by atoms with E-state index < -0.39 is 5.92 Å². The predicted molar refractivity (Wildman–Crippen MR) is 191 cm³/mol. The zero-order valence-electron chi connectivity index (χ0n) is 27.9. The lowest BCUT2D eigenvalue weighted by atomic mass is 9.63. The van der Waals surface area contributed by atoms with Crippen LogP contribution in [-0.2, 0) is 22.6 Å². The number of rotatable bonds is 9. The lowest BCUT2D eigenvalue weighted by molar-refractivity contribution is -0.119. The summed E-state index contributed by atoms with van der Waals surface area (Å²) in [5, 5.41) is 0. The fraction of sp³-hybridized carbons (Fsp3) is 0.400. The summed E-state index contributed by atoms with van der Waals surface area (Å²) in [7, 11) is 0. The summed E-state index contributed by atoms with van der Waals surface area (Å²) in [6.45, 7) is 11.7. The second kappa shape index (κ2) is 13.2. The SMILES string of the molecule is CCOc1cc(C2C3=C(CC(C)(C)CC3=O)N(CCc3ccccc3)C3=C2C(=O)CC(C)(C)C3)cc(I)c1OCc1ccccc1F. The van der Waals surface area contributed by atoms with E-state index in [9.17, 15) is 14.0 Å². The van der Waals surface area contributed by atoms with Gasteiger partial charge in [0.1, 0.15) is 12.4 Å². The molecule has 0 aromatic heterocycles. The van der Waals surface area contributed by atoms with Gasteiger partial charge in [0.15, 0.2) is 23.1 Å². The molecule has 0 bridgehead atoms. The molecule has 47 heavy (non-hydrogen) atoms. The Bertz CT molecular complexity index is 1720. The van der Waals surface area contributed by atoms with Crippen molar-refractivity contribution >= 4 is 34.2 Å². The van der Waals surface area contributed by atoms with Crippen LogP contribution in [0.4, 0.5) is 4.39 Å². The van der Waals surface area contributed by atoms with Crippen LogP contribution in [0, 0.1) is 20.2 Å². The number of nitrogens with zero attached hydrogens (tertiary/aromatic N) is 1. The van der Waals surface area contributed by atoms with Crippen molar-refractivity contribution in [1.29, 1.82) is 0 Å². The molecule has 0 spiro atoms. The van der Waals surface area contributed by atoms with Crippen LogP contribution in [0.2, 0.25) is 0 Å². The van der Waals surface area contributed by atoms with E-state index in [1.807, 2.05) is 25.1 Å². The Morgan fingerprint density at radius 1 is 0.830 bits per heavy atom. The molecule has 0 amide bonds. The minimum absolute atomic E-state index is 0.0492. The zero-order chi connectivity index (χ0) is 33.5. The van der Waals surface area contributed by atoms with Gasteiger partial charge >= 0.3 is 0 Å². The van der Waals surface area contributed by atoms with Gasteiger partial charge in [0.05, 0.1) is 10.2 Å². The number of hydrogen-bond donors (Lipinski definition) is 0. The molecule has 2 aliphatic carbocycles. The van der Waals surface area contributed by atoms with Crippen molar-refractivity contribution in [1.82, 2.24) is 4.90 Å². The third kappa shape index (κ3) is 6.92. The summed E-state index contributed by atoms with van der Waals surface area (Å²) >= 11 is 2.23. The Morgan fingerprint density at radius 3 is 2.02 bits per heavy atom. The second-order valence-electron chi connectivity index (χ2n) is 14.6. The first-order chi connectivity index (χ1) is 22.4. The molecule has 0 fully saturated rings. The molecule has 3 aliphatic rings. The highest BCUT2D eigenvalue weighted by Gasteiger charge is 2.49. The molecule has 246 valence electrons. The first-order valence-electron chi connectivity index (χ1n) is 16.5. The summed E-state index contributed by atoms with van der Waals surface area (Å²) < 4.78 is 27.5. The Labute approximate surface area is 291 Å². The van der Waals surface area contributed by atoms with E-state index in [-0.39, 0.29) is 34.8 Å². The van der Waals surface area contributed by atoms with E-state index in [1.54, 1.807) is 18.2 Å². The summed E-state index contributed by atoms with van der Waals surface area (Å²) in [4.78, 5) is 30.9. The van der Waals surface area contributed by atoms with E-state index in [0.29, 0.717) is 43.1 Å². The van der Waals surface area contributed by atoms with Gasteiger partial charge in [-0.3, -0.25) is 9.59 Å². The molecule has 3 aromatic rings. The lowest BCUT2D eigenvalue weighted by Gasteiger charge is -2.49. The van der Waals surface area contributed by atoms with E-state index in [4.69, 9.17) is 9.47 Å². The van der Waals surface area contributed by atoms with Gasteiger partial charge in [-0.2, -0.15) is 0 Å². The number of hydrogen-bond acceptors (Lipinski definition) is 5. The Hall–Kier alpha value is -3.46. The second-order valence-corrected chi connectivity index (χ2v) is 15.7. The minimum atomic E-state index is -0.492. The fourth-order valence-electron chi connectivity index (χ4n) is 7.46. The monoisotopic (exact) mass is 747 g/mol. The first-order valence-corrected chi connectivity index (χ1v) is 17.6. The summed E-state index contributed by atoms with van der Waals surface area (Å²) in [5.74, 6) is 0.427. The standard InChI is InChI=1S/C40H43FINO4/c1-6-46-34-19-27(18-29(42)38(34)47-24-26-14-10-11-15-28(26)41)35-36-30(20-39(2,3)22-32(36)44)43(17-16-25-12-8-7-9-13-25)31-21-40(4,5)23-33(45)37(31)35/h7-15,18-19,35H,6,16-17,20-24H2,1-5H3.